The van der Waals surface area contributed by atoms with Crippen molar-refractivity contribution >= 4 is 42.0 Å². The van der Waals surface area contributed by atoms with Crippen molar-refractivity contribution in [2.45, 2.75) is 39.0 Å². The van der Waals surface area contributed by atoms with Crippen molar-refractivity contribution in [3.63, 3.8) is 0 Å². The molecule has 0 aliphatic carbocycles. The molecule has 2 aromatic rings. The molecule has 142 valence electrons. The van der Waals surface area contributed by atoms with E-state index in [-0.39, 0.29) is 42.2 Å². The third-order valence-electron chi connectivity index (χ3n) is 3.99. The summed E-state index contributed by atoms with van der Waals surface area (Å²) in [6.45, 7) is 3.71. The minimum atomic E-state index is -2.17. The van der Waals surface area contributed by atoms with Crippen LogP contribution in [-0.4, -0.2) is 43.0 Å². The minimum Gasteiger partial charge on any atom is -0.352 e. The van der Waals surface area contributed by atoms with Crippen LogP contribution in [0, 0.1) is 5.92 Å². The molecule has 1 amide bonds. The largest absolute Gasteiger partial charge is 0.352 e. The molecule has 10 nitrogen and oxygen atoms in total. The van der Waals surface area contributed by atoms with Gasteiger partial charge in [0.1, 0.15) is 6.23 Å². The highest BCUT2D eigenvalue weighted by atomic mass is 32.4. The molecule has 1 aliphatic heterocycles. The highest BCUT2D eigenvalue weighted by molar-refractivity contribution is 8.00. The molecule has 3 heterocycles. The summed E-state index contributed by atoms with van der Waals surface area (Å²) in [5.74, 6) is -0.431. The molecule has 3 N–H and O–H groups in total. The number of carbonyl (C=O) groups is 1. The van der Waals surface area contributed by atoms with Gasteiger partial charge in [-0.25, -0.2) is 4.98 Å². The first-order valence-corrected chi connectivity index (χ1v) is 10.6. The van der Waals surface area contributed by atoms with Crippen molar-refractivity contribution in [3.8, 4) is 0 Å². The lowest BCUT2D eigenvalue weighted by Crippen LogP contribution is -2.22. The first-order valence-electron chi connectivity index (χ1n) is 8.14. The van der Waals surface area contributed by atoms with Crippen LogP contribution < -0.4 is 10.9 Å². The molecule has 3 atom stereocenters. The fraction of sp³-hybridized carbons (Fsp3) is 0.571. The van der Waals surface area contributed by atoms with E-state index < -0.39 is 12.7 Å². The Kier molecular flexibility index (Phi) is 5.83. The van der Waals surface area contributed by atoms with Crippen LogP contribution in [0.15, 0.2) is 11.1 Å². The standard InChI is InChI=1S/C14H20N5O5PS/c1-7(2)12(20)17-14-16-11-10(13(21)18-14)15-6-19(11)9-4-3-8(24-9)5-23-25(22)26/h6-9,25H,3-5H2,1-2H3,(H,22,26)(H2,16,17,18,20,21)/t8-,9+/m0/s1. The Labute approximate surface area is 154 Å². The molecule has 0 bridgehead atoms. The second-order valence-electron chi connectivity index (χ2n) is 6.25. The van der Waals surface area contributed by atoms with Crippen LogP contribution in [0.25, 0.3) is 11.2 Å². The Morgan fingerprint density at radius 2 is 2.38 bits per heavy atom. The lowest BCUT2D eigenvalue weighted by molar-refractivity contribution is -0.118. The number of carbonyl (C=O) groups excluding carboxylic acids is 1. The Hall–Kier alpha value is -1.65. The van der Waals surface area contributed by atoms with Crippen molar-refractivity contribution < 1.29 is 18.9 Å². The lowest BCUT2D eigenvalue weighted by Gasteiger charge is -2.15. The van der Waals surface area contributed by atoms with E-state index in [1.807, 2.05) is 0 Å². The number of aromatic amines is 1. The average Bonchev–Trinajstić information content (AvgIpc) is 3.19. The molecule has 1 fully saturated rings. The molecule has 12 heteroatoms. The molecule has 26 heavy (non-hydrogen) atoms. The van der Waals surface area contributed by atoms with Gasteiger partial charge in [-0.15, -0.1) is 0 Å². The van der Waals surface area contributed by atoms with Crippen molar-refractivity contribution in [2.75, 3.05) is 11.9 Å². The van der Waals surface area contributed by atoms with Gasteiger partial charge in [0.2, 0.25) is 11.9 Å². The summed E-state index contributed by atoms with van der Waals surface area (Å²) < 4.78 is 12.6. The fourth-order valence-electron chi connectivity index (χ4n) is 2.64. The van der Waals surface area contributed by atoms with Crippen LogP contribution in [-0.2, 0) is 25.9 Å². The predicted octanol–water partition coefficient (Wildman–Crippen LogP) is 0.907. The molecule has 1 saturated heterocycles. The monoisotopic (exact) mass is 401 g/mol. The molecule has 0 radical (unpaired) electrons. The summed E-state index contributed by atoms with van der Waals surface area (Å²) in [5, 5.41) is 2.58. The van der Waals surface area contributed by atoms with E-state index in [2.05, 4.69) is 32.1 Å². The van der Waals surface area contributed by atoms with Crippen molar-refractivity contribution in [1.29, 1.82) is 0 Å². The van der Waals surface area contributed by atoms with Crippen LogP contribution in [0.3, 0.4) is 0 Å². The Balaban J connectivity index is 1.83. The fourth-order valence-corrected chi connectivity index (χ4v) is 3.17. The lowest BCUT2D eigenvalue weighted by atomic mass is 10.2. The Morgan fingerprint density at radius 3 is 3.08 bits per heavy atom. The number of anilines is 1. The minimum absolute atomic E-state index is 0.0689. The molecule has 2 aromatic heterocycles. The maximum atomic E-state index is 12.2. The van der Waals surface area contributed by atoms with Gasteiger partial charge in [-0.2, -0.15) is 4.98 Å². The summed E-state index contributed by atoms with van der Waals surface area (Å²) in [5.41, 5.74) is 0.0566. The second kappa shape index (κ2) is 7.93. The highest BCUT2D eigenvalue weighted by Gasteiger charge is 2.29. The number of hydrogen-bond acceptors (Lipinski definition) is 7. The Bertz CT molecular complexity index is 897. The van der Waals surface area contributed by atoms with Crippen LogP contribution >= 0.6 is 7.15 Å². The number of imidazole rings is 1. The summed E-state index contributed by atoms with van der Waals surface area (Å²) in [4.78, 5) is 44.1. The van der Waals surface area contributed by atoms with Gasteiger partial charge < -0.3 is 14.2 Å². The molecular weight excluding hydrogens is 381 g/mol. The SMILES string of the molecule is CC(C)C(=O)Nc1nc2c(ncn2[C@H]2CC[C@@H](CO[PH](O)=S)O2)c(=O)[nH]1. The summed E-state index contributed by atoms with van der Waals surface area (Å²) >= 11 is 4.65. The zero-order valence-corrected chi connectivity index (χ0v) is 16.1. The van der Waals surface area contributed by atoms with E-state index >= 15 is 0 Å². The molecule has 0 saturated carbocycles. The van der Waals surface area contributed by atoms with Crippen LogP contribution in [0.4, 0.5) is 5.95 Å². The maximum Gasteiger partial charge on any atom is 0.280 e. The maximum absolute atomic E-state index is 12.2. The quantitative estimate of drug-likeness (QED) is 0.609. The van der Waals surface area contributed by atoms with Gasteiger partial charge in [0.25, 0.3) is 5.56 Å². The van der Waals surface area contributed by atoms with Gasteiger partial charge >= 0.3 is 0 Å². The van der Waals surface area contributed by atoms with Crippen molar-refractivity contribution in [3.05, 3.63) is 16.7 Å². The van der Waals surface area contributed by atoms with E-state index in [1.165, 1.54) is 6.33 Å². The molecule has 1 aliphatic rings. The zero-order chi connectivity index (χ0) is 18.8. The molecule has 0 aromatic carbocycles. The zero-order valence-electron chi connectivity index (χ0n) is 14.3. The molecule has 3 rings (SSSR count). The van der Waals surface area contributed by atoms with Gasteiger partial charge in [0, 0.05) is 5.92 Å². The third-order valence-corrected chi connectivity index (χ3v) is 4.75. The van der Waals surface area contributed by atoms with E-state index in [9.17, 15) is 9.59 Å². The average molecular weight is 401 g/mol. The topological polar surface area (TPSA) is 131 Å². The number of amides is 1. The van der Waals surface area contributed by atoms with E-state index in [4.69, 9.17) is 14.2 Å². The summed E-state index contributed by atoms with van der Waals surface area (Å²) in [6, 6.07) is 0. The van der Waals surface area contributed by atoms with Crippen molar-refractivity contribution in [1.82, 2.24) is 19.5 Å². The summed E-state index contributed by atoms with van der Waals surface area (Å²) in [7, 11) is -2.17. The van der Waals surface area contributed by atoms with E-state index in [1.54, 1.807) is 18.4 Å². The molecular formula is C14H20N5O5PS. The third kappa shape index (κ3) is 4.18. The number of hydrogen-bond donors (Lipinski definition) is 3. The first-order chi connectivity index (χ1) is 12.3. The van der Waals surface area contributed by atoms with Gasteiger partial charge in [0.15, 0.2) is 18.3 Å². The second-order valence-corrected chi connectivity index (χ2v) is 8.12. The van der Waals surface area contributed by atoms with Crippen LogP contribution in [0.1, 0.15) is 32.9 Å². The number of rotatable bonds is 6. The summed E-state index contributed by atoms with van der Waals surface area (Å²) in [6.07, 6.45) is 2.32. The number of ether oxygens (including phenoxy) is 1. The predicted molar refractivity (Wildman–Crippen MR) is 98.6 cm³/mol. The first kappa shape index (κ1) is 19.1. The van der Waals surface area contributed by atoms with E-state index in [0.717, 1.165) is 6.42 Å². The van der Waals surface area contributed by atoms with Crippen molar-refractivity contribution in [2.24, 2.45) is 5.92 Å². The number of nitrogens with one attached hydrogen (secondary N) is 2. The van der Waals surface area contributed by atoms with E-state index in [0.29, 0.717) is 12.1 Å². The smallest absolute Gasteiger partial charge is 0.280 e. The molecule has 1 unspecified atom stereocenters. The number of H-pyrrole nitrogens is 1. The number of fused-ring (bicyclic) bond motifs is 1. The number of nitrogens with zero attached hydrogens (tertiary/aromatic N) is 3. The Morgan fingerprint density at radius 1 is 1.62 bits per heavy atom. The van der Waals surface area contributed by atoms with Crippen LogP contribution in [0.5, 0.6) is 0 Å². The number of aromatic nitrogens is 4. The van der Waals surface area contributed by atoms with Crippen LogP contribution in [0.2, 0.25) is 0 Å². The molecule has 0 spiro atoms. The van der Waals surface area contributed by atoms with Gasteiger partial charge in [-0.05, 0) is 24.6 Å². The normalized spacial score (nSPS) is 21.4. The van der Waals surface area contributed by atoms with Gasteiger partial charge in [-0.3, -0.25) is 24.5 Å². The highest BCUT2D eigenvalue weighted by Crippen LogP contribution is 2.31. The van der Waals surface area contributed by atoms with Gasteiger partial charge in [0.05, 0.1) is 19.0 Å². The van der Waals surface area contributed by atoms with Gasteiger partial charge in [-0.1, -0.05) is 13.8 Å².